The molecule has 10 heteroatoms. The van der Waals surface area contributed by atoms with Gasteiger partial charge in [0, 0.05) is 28.6 Å². The highest BCUT2D eigenvalue weighted by Crippen LogP contribution is 2.46. The van der Waals surface area contributed by atoms with Crippen LogP contribution in [0.3, 0.4) is 0 Å². The fraction of sp³-hybridized carbons (Fsp3) is 0.480. The Morgan fingerprint density at radius 1 is 1.20 bits per heavy atom. The third kappa shape index (κ3) is 5.58. The molecule has 0 fully saturated rings. The van der Waals surface area contributed by atoms with Gasteiger partial charge < -0.3 is 14.8 Å². The van der Waals surface area contributed by atoms with Gasteiger partial charge >= 0.3 is 18.1 Å². The van der Waals surface area contributed by atoms with E-state index in [-0.39, 0.29) is 23.7 Å². The first-order valence-corrected chi connectivity index (χ1v) is 12.4. The molecule has 0 saturated carbocycles. The topological polar surface area (TPSA) is 81.7 Å². The zero-order chi connectivity index (χ0) is 25.9. The van der Waals surface area contributed by atoms with E-state index in [1.54, 1.807) is 25.6 Å². The van der Waals surface area contributed by atoms with Crippen LogP contribution in [0, 0.1) is 11.8 Å². The van der Waals surface area contributed by atoms with Crippen molar-refractivity contribution in [3.05, 3.63) is 57.9 Å². The maximum absolute atomic E-state index is 13.6. The van der Waals surface area contributed by atoms with Gasteiger partial charge in [0.2, 0.25) is 0 Å². The van der Waals surface area contributed by atoms with Crippen molar-refractivity contribution >= 4 is 29.5 Å². The minimum Gasteiger partial charge on any atom is -0.468 e. The Morgan fingerprint density at radius 3 is 2.43 bits per heavy atom. The molecule has 1 heterocycles. The molecule has 35 heavy (non-hydrogen) atoms. The normalized spacial score (nSPS) is 22.5. The lowest BCUT2D eigenvalue weighted by Gasteiger charge is -2.38. The van der Waals surface area contributed by atoms with Crippen molar-refractivity contribution in [2.45, 2.75) is 39.3 Å². The number of halogens is 3. The maximum Gasteiger partial charge on any atom is 0.416 e. The molecule has 1 aromatic rings. The van der Waals surface area contributed by atoms with Crippen molar-refractivity contribution in [3.63, 3.8) is 0 Å². The predicted molar refractivity (Wildman–Crippen MR) is 125 cm³/mol. The van der Waals surface area contributed by atoms with Crippen LogP contribution in [0.5, 0.6) is 0 Å². The largest absolute Gasteiger partial charge is 0.468 e. The Labute approximate surface area is 206 Å². The van der Waals surface area contributed by atoms with Crippen molar-refractivity contribution < 1.29 is 37.0 Å². The Bertz CT molecular complexity index is 1060. The number of ketones is 1. The number of nitrogens with one attached hydrogen (secondary N) is 1. The minimum absolute atomic E-state index is 0.136. The highest BCUT2D eigenvalue weighted by Gasteiger charge is 2.47. The van der Waals surface area contributed by atoms with Crippen molar-refractivity contribution in [3.8, 4) is 0 Å². The van der Waals surface area contributed by atoms with Gasteiger partial charge in [-0.2, -0.15) is 24.9 Å². The summed E-state index contributed by atoms with van der Waals surface area (Å²) in [5, 5.41) is 3.12. The van der Waals surface area contributed by atoms with Gasteiger partial charge in [0.15, 0.2) is 5.78 Å². The Kier molecular flexibility index (Phi) is 8.35. The molecule has 0 bridgehead atoms. The zero-order valence-electron chi connectivity index (χ0n) is 20.0. The molecule has 190 valence electrons. The summed E-state index contributed by atoms with van der Waals surface area (Å²) in [5.74, 6) is -2.84. The number of thioether (sulfide) groups is 1. The highest BCUT2D eigenvalue weighted by atomic mass is 32.2. The van der Waals surface area contributed by atoms with E-state index >= 15 is 0 Å². The molecular formula is C25H28F3NO5S. The number of Topliss-reactive ketones (excluding diaryl/α,β-unsaturated/α-hetero) is 1. The Morgan fingerprint density at radius 2 is 1.86 bits per heavy atom. The number of ether oxygens (including phenoxy) is 2. The van der Waals surface area contributed by atoms with E-state index in [1.807, 2.05) is 6.92 Å². The number of methoxy groups -OCH3 is 1. The molecule has 0 spiro atoms. The van der Waals surface area contributed by atoms with E-state index in [4.69, 9.17) is 9.47 Å². The Balaban J connectivity index is 2.09. The molecule has 3 rings (SSSR count). The smallest absolute Gasteiger partial charge is 0.416 e. The van der Waals surface area contributed by atoms with Crippen molar-refractivity contribution in [1.82, 2.24) is 5.32 Å². The van der Waals surface area contributed by atoms with E-state index < -0.39 is 41.3 Å². The van der Waals surface area contributed by atoms with E-state index in [0.29, 0.717) is 29.1 Å². The van der Waals surface area contributed by atoms with Crippen LogP contribution in [0.25, 0.3) is 0 Å². The number of alkyl halides is 3. The number of rotatable bonds is 7. The van der Waals surface area contributed by atoms with Crippen LogP contribution in [0.2, 0.25) is 0 Å². The number of carbonyl (C=O) groups excluding carboxylic acids is 3. The first kappa shape index (κ1) is 26.8. The average Bonchev–Trinajstić information content (AvgIpc) is 2.80. The van der Waals surface area contributed by atoms with Crippen LogP contribution in [0.15, 0.2) is 46.8 Å². The minimum atomic E-state index is -4.53. The van der Waals surface area contributed by atoms with E-state index in [1.165, 1.54) is 19.2 Å². The zero-order valence-corrected chi connectivity index (χ0v) is 20.8. The monoisotopic (exact) mass is 511 g/mol. The summed E-state index contributed by atoms with van der Waals surface area (Å²) in [5.41, 5.74) is 0.798. The molecule has 2 aliphatic rings. The molecule has 0 amide bonds. The van der Waals surface area contributed by atoms with Gasteiger partial charge in [-0.1, -0.05) is 26.0 Å². The van der Waals surface area contributed by atoms with Crippen molar-refractivity contribution in [1.29, 1.82) is 0 Å². The first-order chi connectivity index (χ1) is 16.5. The lowest BCUT2D eigenvalue weighted by atomic mass is 9.69. The number of hydrogen-bond acceptors (Lipinski definition) is 7. The van der Waals surface area contributed by atoms with E-state index in [2.05, 4.69) is 5.32 Å². The fourth-order valence-corrected chi connectivity index (χ4v) is 5.05. The third-order valence-corrected chi connectivity index (χ3v) is 7.06. The number of dihydropyridines is 1. The molecule has 1 N–H and O–H groups in total. The third-order valence-electron chi connectivity index (χ3n) is 6.20. The highest BCUT2D eigenvalue weighted by molar-refractivity contribution is 7.99. The van der Waals surface area contributed by atoms with Crippen LogP contribution in [0.4, 0.5) is 13.2 Å². The van der Waals surface area contributed by atoms with Gasteiger partial charge in [-0.05, 0) is 42.7 Å². The fourth-order valence-electron chi connectivity index (χ4n) is 4.56. The summed E-state index contributed by atoms with van der Waals surface area (Å²) in [6.45, 7) is 5.55. The van der Waals surface area contributed by atoms with Crippen LogP contribution in [-0.4, -0.2) is 42.9 Å². The number of benzene rings is 1. The quantitative estimate of drug-likeness (QED) is 0.325. The van der Waals surface area contributed by atoms with Crippen LogP contribution in [-0.2, 0) is 30.0 Å². The number of carbonyl (C=O) groups is 3. The summed E-state index contributed by atoms with van der Waals surface area (Å²) in [7, 11) is 1.19. The van der Waals surface area contributed by atoms with Crippen LogP contribution in [0.1, 0.15) is 44.2 Å². The lowest BCUT2D eigenvalue weighted by Crippen LogP contribution is -2.43. The standard InChI is InChI=1S/C25H28F3NO5S/c1-5-35-11-10-34-24(32)19-14(3)29-17-12-13(2)18(23(31)33-4)22(30)21(17)20(19)15-6-8-16(9-7-15)25(26,27)28/h6-9,13,18,20,29H,5,10-12H2,1-4H3. The molecule has 3 atom stereocenters. The summed E-state index contributed by atoms with van der Waals surface area (Å²) in [6, 6.07) is 4.35. The molecule has 1 aliphatic heterocycles. The molecule has 1 aliphatic carbocycles. The van der Waals surface area contributed by atoms with Gasteiger partial charge in [0.05, 0.1) is 18.2 Å². The second kappa shape index (κ2) is 10.9. The number of esters is 2. The molecule has 6 nitrogen and oxygen atoms in total. The second-order valence-corrected chi connectivity index (χ2v) is 9.88. The Hall–Kier alpha value is -2.75. The number of allylic oxidation sites excluding steroid dienone is 3. The maximum atomic E-state index is 13.6. The molecule has 3 unspecified atom stereocenters. The predicted octanol–water partition coefficient (Wildman–Crippen LogP) is 4.61. The van der Waals surface area contributed by atoms with Gasteiger partial charge in [-0.25, -0.2) is 4.79 Å². The first-order valence-electron chi connectivity index (χ1n) is 11.3. The van der Waals surface area contributed by atoms with Crippen molar-refractivity contribution in [2.24, 2.45) is 11.8 Å². The summed E-state index contributed by atoms with van der Waals surface area (Å²) in [6.07, 6.45) is -4.20. The van der Waals surface area contributed by atoms with Crippen molar-refractivity contribution in [2.75, 3.05) is 25.2 Å². The van der Waals surface area contributed by atoms with Crippen LogP contribution >= 0.6 is 11.8 Å². The van der Waals surface area contributed by atoms with Gasteiger partial charge in [0.25, 0.3) is 0 Å². The SMILES string of the molecule is CCSCCOC(=O)C1=C(C)NC2=C(C(=O)C(C(=O)OC)C(C)C2)C1c1ccc(C(F)(F)F)cc1. The average molecular weight is 512 g/mol. The number of hydrogen-bond donors (Lipinski definition) is 1. The molecule has 1 aromatic carbocycles. The molecular weight excluding hydrogens is 483 g/mol. The van der Waals surface area contributed by atoms with E-state index in [0.717, 1.165) is 17.9 Å². The summed E-state index contributed by atoms with van der Waals surface area (Å²) < 4.78 is 49.8. The van der Waals surface area contributed by atoms with Crippen LogP contribution < -0.4 is 5.32 Å². The van der Waals surface area contributed by atoms with Gasteiger partial charge in [-0.3, -0.25) is 9.59 Å². The van der Waals surface area contributed by atoms with Gasteiger partial charge in [-0.15, -0.1) is 0 Å². The van der Waals surface area contributed by atoms with Gasteiger partial charge in [0.1, 0.15) is 12.5 Å². The molecule has 0 saturated heterocycles. The summed E-state index contributed by atoms with van der Waals surface area (Å²) in [4.78, 5) is 39.2. The second-order valence-electron chi connectivity index (χ2n) is 8.49. The molecule has 0 aromatic heterocycles. The molecule has 0 radical (unpaired) electrons. The lowest BCUT2D eigenvalue weighted by molar-refractivity contribution is -0.151. The van der Waals surface area contributed by atoms with E-state index in [9.17, 15) is 27.6 Å². The summed E-state index contributed by atoms with van der Waals surface area (Å²) >= 11 is 1.59.